The fourth-order valence-corrected chi connectivity index (χ4v) is 2.15. The number of imidazole rings is 1. The van der Waals surface area contributed by atoms with Crippen molar-refractivity contribution in [1.82, 2.24) is 14.7 Å². The van der Waals surface area contributed by atoms with Gasteiger partial charge in [0.25, 0.3) is 0 Å². The van der Waals surface area contributed by atoms with E-state index < -0.39 is 0 Å². The summed E-state index contributed by atoms with van der Waals surface area (Å²) in [5.41, 5.74) is 1.92. The van der Waals surface area contributed by atoms with Crippen LogP contribution in [0.2, 0.25) is 5.02 Å². The van der Waals surface area contributed by atoms with Gasteiger partial charge in [0.15, 0.2) is 0 Å². The fraction of sp³-hybridized carbons (Fsp3) is 0.500. The minimum atomic E-state index is 0.271. The third-order valence-electron chi connectivity index (χ3n) is 3.13. The first kappa shape index (κ1) is 14.3. The standard InChI is InChI=1S/C14H20ClN3O/c1-11(10-19)3-2-6-16-7-13-9-18-8-12(15)4-5-14(18)17-13/h4-5,8-9,11,16,19H,2-3,6-7,10H2,1H3. The van der Waals surface area contributed by atoms with Crippen LogP contribution in [0.25, 0.3) is 5.65 Å². The van der Waals surface area contributed by atoms with Crippen LogP contribution in [0.15, 0.2) is 24.5 Å². The van der Waals surface area contributed by atoms with Crippen LogP contribution in [0.3, 0.4) is 0 Å². The number of aliphatic hydroxyl groups excluding tert-OH is 1. The molecule has 1 unspecified atom stereocenters. The SMILES string of the molecule is CC(CO)CCCNCc1cn2cc(Cl)ccc2n1. The van der Waals surface area contributed by atoms with Crippen LogP contribution in [-0.2, 0) is 6.54 Å². The minimum Gasteiger partial charge on any atom is -0.396 e. The van der Waals surface area contributed by atoms with E-state index in [0.29, 0.717) is 10.9 Å². The van der Waals surface area contributed by atoms with E-state index in [9.17, 15) is 0 Å². The lowest BCUT2D eigenvalue weighted by molar-refractivity contribution is 0.228. The van der Waals surface area contributed by atoms with E-state index in [2.05, 4.69) is 17.2 Å². The molecule has 2 aromatic rings. The zero-order valence-electron chi connectivity index (χ0n) is 11.1. The van der Waals surface area contributed by atoms with Crippen LogP contribution in [0.1, 0.15) is 25.5 Å². The van der Waals surface area contributed by atoms with Gasteiger partial charge in [0.1, 0.15) is 5.65 Å². The first-order valence-corrected chi connectivity index (χ1v) is 7.01. The molecule has 2 rings (SSSR count). The number of aromatic nitrogens is 2. The van der Waals surface area contributed by atoms with Crippen molar-refractivity contribution in [3.05, 3.63) is 35.2 Å². The smallest absolute Gasteiger partial charge is 0.137 e. The van der Waals surface area contributed by atoms with Gasteiger partial charge in [0, 0.05) is 25.5 Å². The molecule has 2 N–H and O–H groups in total. The first-order valence-electron chi connectivity index (χ1n) is 6.63. The maximum absolute atomic E-state index is 8.93. The van der Waals surface area contributed by atoms with Gasteiger partial charge in [-0.05, 0) is 37.4 Å². The molecular formula is C14H20ClN3O. The zero-order chi connectivity index (χ0) is 13.7. The van der Waals surface area contributed by atoms with Gasteiger partial charge in [-0.2, -0.15) is 0 Å². The van der Waals surface area contributed by atoms with Crippen molar-refractivity contribution in [2.75, 3.05) is 13.2 Å². The molecule has 0 bridgehead atoms. The molecule has 0 saturated heterocycles. The van der Waals surface area contributed by atoms with Crippen molar-refractivity contribution in [1.29, 1.82) is 0 Å². The van der Waals surface area contributed by atoms with E-state index in [1.165, 1.54) is 0 Å². The second kappa shape index (κ2) is 6.89. The lowest BCUT2D eigenvalue weighted by Crippen LogP contribution is -2.16. The molecule has 0 aromatic carbocycles. The molecule has 0 saturated carbocycles. The second-order valence-electron chi connectivity index (χ2n) is 4.95. The van der Waals surface area contributed by atoms with Crippen molar-refractivity contribution < 1.29 is 5.11 Å². The quantitative estimate of drug-likeness (QED) is 0.767. The molecule has 0 fully saturated rings. The molecule has 0 spiro atoms. The van der Waals surface area contributed by atoms with Crippen molar-refractivity contribution in [3.8, 4) is 0 Å². The minimum absolute atomic E-state index is 0.271. The molecule has 0 aliphatic heterocycles. The summed E-state index contributed by atoms with van der Waals surface area (Å²) in [7, 11) is 0. The van der Waals surface area contributed by atoms with Gasteiger partial charge in [0.05, 0.1) is 10.7 Å². The van der Waals surface area contributed by atoms with E-state index in [1.54, 1.807) is 0 Å². The molecule has 5 heteroatoms. The summed E-state index contributed by atoms with van der Waals surface area (Å²) < 4.78 is 1.94. The summed E-state index contributed by atoms with van der Waals surface area (Å²) >= 11 is 5.93. The average molecular weight is 282 g/mol. The number of nitrogens with one attached hydrogen (secondary N) is 1. The summed E-state index contributed by atoms with van der Waals surface area (Å²) in [5.74, 6) is 0.388. The predicted octanol–water partition coefficient (Wildman–Crippen LogP) is 2.49. The number of hydrogen-bond donors (Lipinski definition) is 2. The number of rotatable bonds is 7. The van der Waals surface area contributed by atoms with Crippen LogP contribution < -0.4 is 5.32 Å². The Balaban J connectivity index is 1.78. The van der Waals surface area contributed by atoms with Crippen LogP contribution in [0.5, 0.6) is 0 Å². The molecule has 0 aliphatic carbocycles. The van der Waals surface area contributed by atoms with Gasteiger partial charge in [-0.25, -0.2) is 4.98 Å². The molecule has 104 valence electrons. The third-order valence-corrected chi connectivity index (χ3v) is 3.36. The van der Waals surface area contributed by atoms with Gasteiger partial charge >= 0.3 is 0 Å². The van der Waals surface area contributed by atoms with Gasteiger partial charge in [-0.1, -0.05) is 18.5 Å². The van der Waals surface area contributed by atoms with Crippen LogP contribution >= 0.6 is 11.6 Å². The van der Waals surface area contributed by atoms with E-state index in [1.807, 2.05) is 28.9 Å². The van der Waals surface area contributed by atoms with E-state index >= 15 is 0 Å². The van der Waals surface area contributed by atoms with E-state index in [-0.39, 0.29) is 6.61 Å². The Hall–Kier alpha value is -1.10. The Kier molecular flexibility index (Phi) is 5.19. The summed E-state index contributed by atoms with van der Waals surface area (Å²) in [5, 5.41) is 13.0. The Morgan fingerprint density at radius 3 is 3.05 bits per heavy atom. The highest BCUT2D eigenvalue weighted by Gasteiger charge is 2.02. The molecule has 1 atom stereocenters. The average Bonchev–Trinajstić information content (AvgIpc) is 2.79. The van der Waals surface area contributed by atoms with Gasteiger partial charge < -0.3 is 14.8 Å². The van der Waals surface area contributed by atoms with Gasteiger partial charge in [-0.3, -0.25) is 0 Å². The third kappa shape index (κ3) is 4.20. The largest absolute Gasteiger partial charge is 0.396 e. The second-order valence-corrected chi connectivity index (χ2v) is 5.39. The lowest BCUT2D eigenvalue weighted by atomic mass is 10.1. The molecule has 19 heavy (non-hydrogen) atoms. The van der Waals surface area contributed by atoms with Crippen LogP contribution in [0, 0.1) is 5.92 Å². The topological polar surface area (TPSA) is 49.6 Å². The number of hydrogen-bond acceptors (Lipinski definition) is 3. The highest BCUT2D eigenvalue weighted by molar-refractivity contribution is 6.30. The highest BCUT2D eigenvalue weighted by atomic mass is 35.5. The number of aliphatic hydroxyl groups is 1. The van der Waals surface area contributed by atoms with Crippen molar-refractivity contribution in [2.45, 2.75) is 26.3 Å². The maximum Gasteiger partial charge on any atom is 0.137 e. The van der Waals surface area contributed by atoms with Gasteiger partial charge in [0.2, 0.25) is 0 Å². The number of halogens is 1. The Bertz CT molecular complexity index is 526. The first-order chi connectivity index (χ1) is 9.19. The number of nitrogens with zero attached hydrogens (tertiary/aromatic N) is 2. The van der Waals surface area contributed by atoms with Crippen molar-refractivity contribution in [3.63, 3.8) is 0 Å². The van der Waals surface area contributed by atoms with Crippen LogP contribution in [0.4, 0.5) is 0 Å². The molecule has 2 aromatic heterocycles. The highest BCUT2D eigenvalue weighted by Crippen LogP contribution is 2.11. The summed E-state index contributed by atoms with van der Waals surface area (Å²) in [6, 6.07) is 3.76. The molecule has 2 heterocycles. The Labute approximate surface area is 118 Å². The monoisotopic (exact) mass is 281 g/mol. The summed E-state index contributed by atoms with van der Waals surface area (Å²) in [6.07, 6.45) is 5.96. The molecule has 0 amide bonds. The maximum atomic E-state index is 8.93. The number of fused-ring (bicyclic) bond motifs is 1. The predicted molar refractivity (Wildman–Crippen MR) is 77.4 cm³/mol. The molecule has 0 radical (unpaired) electrons. The fourth-order valence-electron chi connectivity index (χ4n) is 1.99. The van der Waals surface area contributed by atoms with Gasteiger partial charge in [-0.15, -0.1) is 0 Å². The van der Waals surface area contributed by atoms with Crippen molar-refractivity contribution in [2.24, 2.45) is 5.92 Å². The normalized spacial score (nSPS) is 13.0. The zero-order valence-corrected chi connectivity index (χ0v) is 11.9. The van der Waals surface area contributed by atoms with E-state index in [0.717, 1.165) is 37.3 Å². The Morgan fingerprint density at radius 2 is 2.26 bits per heavy atom. The molecular weight excluding hydrogens is 262 g/mol. The molecule has 0 aliphatic rings. The summed E-state index contributed by atoms with van der Waals surface area (Å²) in [4.78, 5) is 4.50. The number of pyridine rings is 1. The lowest BCUT2D eigenvalue weighted by Gasteiger charge is -2.07. The molecule has 4 nitrogen and oxygen atoms in total. The van der Waals surface area contributed by atoms with Crippen LogP contribution in [-0.4, -0.2) is 27.6 Å². The Morgan fingerprint density at radius 1 is 1.42 bits per heavy atom. The van der Waals surface area contributed by atoms with E-state index in [4.69, 9.17) is 16.7 Å². The summed E-state index contributed by atoms with van der Waals surface area (Å²) in [6.45, 7) is 4.03. The van der Waals surface area contributed by atoms with Crippen molar-refractivity contribution >= 4 is 17.2 Å².